The van der Waals surface area contributed by atoms with E-state index in [1.807, 2.05) is 12.1 Å². The molecule has 2 unspecified atom stereocenters. The molecule has 0 fully saturated rings. The van der Waals surface area contributed by atoms with E-state index in [9.17, 15) is 19.8 Å². The van der Waals surface area contributed by atoms with Crippen molar-refractivity contribution in [2.45, 2.75) is 31.6 Å². The second-order valence-electron chi connectivity index (χ2n) is 7.20. The Morgan fingerprint density at radius 1 is 1.14 bits per heavy atom. The molecule has 0 radical (unpaired) electrons. The summed E-state index contributed by atoms with van der Waals surface area (Å²) in [6.07, 6.45) is 4.35. The Labute approximate surface area is 162 Å². The van der Waals surface area contributed by atoms with Crippen molar-refractivity contribution in [3.63, 3.8) is 0 Å². The maximum Gasteiger partial charge on any atom is 0.334 e. The second kappa shape index (κ2) is 6.96. The third-order valence-corrected chi connectivity index (χ3v) is 5.44. The number of carbonyl (C=O) groups excluding carboxylic acids is 1. The number of rotatable bonds is 3. The van der Waals surface area contributed by atoms with Crippen molar-refractivity contribution in [3.8, 4) is 5.75 Å². The number of hydrogen-bond donors (Lipinski definition) is 3. The number of Topliss-reactive ketones (excluding diaryl/α,β-unsaturated/α-hetero) is 1. The first kappa shape index (κ1) is 18.0. The maximum atomic E-state index is 13.2. The third kappa shape index (κ3) is 3.07. The number of aromatic hydroxyl groups is 1. The van der Waals surface area contributed by atoms with Crippen molar-refractivity contribution in [2.24, 2.45) is 0 Å². The van der Waals surface area contributed by atoms with Crippen molar-refractivity contribution in [3.05, 3.63) is 82.5 Å². The summed E-state index contributed by atoms with van der Waals surface area (Å²) in [5.41, 5.74) is 3.54. The highest BCUT2D eigenvalue weighted by Crippen LogP contribution is 2.45. The van der Waals surface area contributed by atoms with Gasteiger partial charge in [0.15, 0.2) is 5.78 Å². The number of dihydropyridines is 1. The van der Waals surface area contributed by atoms with E-state index in [0.717, 1.165) is 11.3 Å². The average molecular weight is 376 g/mol. The summed E-state index contributed by atoms with van der Waals surface area (Å²) in [4.78, 5) is 29.2. The van der Waals surface area contributed by atoms with Crippen LogP contribution in [0.15, 0.2) is 71.3 Å². The molecule has 6 heteroatoms. The van der Waals surface area contributed by atoms with Gasteiger partial charge in [0, 0.05) is 41.7 Å². The van der Waals surface area contributed by atoms with Crippen molar-refractivity contribution in [2.75, 3.05) is 0 Å². The van der Waals surface area contributed by atoms with Gasteiger partial charge in [0.1, 0.15) is 5.75 Å². The number of pyridine rings is 1. The minimum Gasteiger partial charge on any atom is -0.508 e. The summed E-state index contributed by atoms with van der Waals surface area (Å²) in [5.74, 6) is -1.79. The quantitative estimate of drug-likeness (QED) is 0.761. The molecule has 4 rings (SSSR count). The SMILES string of the molecule is CC1=C(C(=O)O)C(c2cccc(O)c2)C2=C(CC(c3ccncc3)CC2=O)N1. The summed E-state index contributed by atoms with van der Waals surface area (Å²) in [6, 6.07) is 10.3. The fourth-order valence-electron chi connectivity index (χ4n) is 4.23. The lowest BCUT2D eigenvalue weighted by Crippen LogP contribution is -2.35. The molecule has 0 amide bonds. The lowest BCUT2D eigenvalue weighted by atomic mass is 9.72. The van der Waals surface area contributed by atoms with Crippen LogP contribution in [0.2, 0.25) is 0 Å². The van der Waals surface area contributed by atoms with Crippen LogP contribution in [0.5, 0.6) is 5.75 Å². The largest absolute Gasteiger partial charge is 0.508 e. The molecule has 6 nitrogen and oxygen atoms in total. The van der Waals surface area contributed by atoms with Crippen molar-refractivity contribution in [1.82, 2.24) is 10.3 Å². The molecule has 1 aliphatic carbocycles. The number of aliphatic carboxylic acids is 1. The summed E-state index contributed by atoms with van der Waals surface area (Å²) in [6.45, 7) is 1.71. The van der Waals surface area contributed by atoms with E-state index in [-0.39, 0.29) is 23.0 Å². The van der Waals surface area contributed by atoms with Gasteiger partial charge in [0.25, 0.3) is 0 Å². The van der Waals surface area contributed by atoms with Gasteiger partial charge < -0.3 is 15.5 Å². The molecular formula is C22H20N2O4. The Morgan fingerprint density at radius 3 is 2.57 bits per heavy atom. The molecule has 0 saturated carbocycles. The van der Waals surface area contributed by atoms with Gasteiger partial charge in [-0.15, -0.1) is 0 Å². The number of ketones is 1. The Bertz CT molecular complexity index is 1020. The molecule has 2 atom stereocenters. The summed E-state index contributed by atoms with van der Waals surface area (Å²) in [5, 5.41) is 22.9. The minimum atomic E-state index is -1.08. The topological polar surface area (TPSA) is 99.5 Å². The van der Waals surface area contributed by atoms with E-state index >= 15 is 0 Å². The molecule has 1 aromatic heterocycles. The maximum absolute atomic E-state index is 13.2. The number of phenolic OH excluding ortho intramolecular Hbond substituents is 1. The van der Waals surface area contributed by atoms with E-state index in [4.69, 9.17) is 0 Å². The Kier molecular flexibility index (Phi) is 4.47. The first-order valence-electron chi connectivity index (χ1n) is 9.12. The first-order chi connectivity index (χ1) is 13.5. The highest BCUT2D eigenvalue weighted by Gasteiger charge is 2.40. The number of aromatic nitrogens is 1. The molecule has 2 aromatic rings. The number of allylic oxidation sites excluding steroid dienone is 3. The number of nitrogens with zero attached hydrogens (tertiary/aromatic N) is 1. The van der Waals surface area contributed by atoms with Gasteiger partial charge in [-0.25, -0.2) is 4.79 Å². The van der Waals surface area contributed by atoms with Crippen LogP contribution in [0.3, 0.4) is 0 Å². The Balaban J connectivity index is 1.82. The van der Waals surface area contributed by atoms with Gasteiger partial charge in [-0.1, -0.05) is 12.1 Å². The van der Waals surface area contributed by atoms with Crippen LogP contribution in [0, 0.1) is 0 Å². The predicted molar refractivity (Wildman–Crippen MR) is 103 cm³/mol. The smallest absolute Gasteiger partial charge is 0.334 e. The standard InChI is InChI=1S/C22H20N2O4/c1-12-19(22(27)28)20(14-3-2-4-16(25)9-14)21-17(24-12)10-15(11-18(21)26)13-5-7-23-8-6-13/h2-9,15,20,24-25H,10-11H2,1H3,(H,27,28). The number of hydrogen-bond acceptors (Lipinski definition) is 5. The van der Waals surface area contributed by atoms with Gasteiger partial charge in [-0.2, -0.15) is 0 Å². The van der Waals surface area contributed by atoms with Crippen LogP contribution in [-0.4, -0.2) is 26.9 Å². The molecule has 2 aliphatic rings. The van der Waals surface area contributed by atoms with Crippen LogP contribution in [-0.2, 0) is 9.59 Å². The predicted octanol–water partition coefficient (Wildman–Crippen LogP) is 3.23. The Hall–Kier alpha value is -3.41. The zero-order valence-electron chi connectivity index (χ0n) is 15.3. The number of carbonyl (C=O) groups is 2. The number of carboxylic acid groups (broad SMARTS) is 1. The van der Waals surface area contributed by atoms with E-state index in [2.05, 4.69) is 10.3 Å². The zero-order valence-corrected chi connectivity index (χ0v) is 15.3. The number of phenols is 1. The Morgan fingerprint density at radius 2 is 1.89 bits per heavy atom. The molecule has 1 aromatic carbocycles. The average Bonchev–Trinajstić information content (AvgIpc) is 2.67. The number of benzene rings is 1. The van der Waals surface area contributed by atoms with Gasteiger partial charge in [-0.3, -0.25) is 9.78 Å². The highest BCUT2D eigenvalue weighted by molar-refractivity contribution is 6.03. The van der Waals surface area contributed by atoms with Gasteiger partial charge >= 0.3 is 5.97 Å². The monoisotopic (exact) mass is 376 g/mol. The summed E-state index contributed by atoms with van der Waals surface area (Å²) in [7, 11) is 0. The molecule has 2 heterocycles. The molecular weight excluding hydrogens is 356 g/mol. The van der Waals surface area contributed by atoms with E-state index < -0.39 is 11.9 Å². The lowest BCUT2D eigenvalue weighted by Gasteiger charge is -2.36. The van der Waals surface area contributed by atoms with E-state index in [0.29, 0.717) is 29.7 Å². The summed E-state index contributed by atoms with van der Waals surface area (Å²) < 4.78 is 0. The molecule has 0 saturated heterocycles. The summed E-state index contributed by atoms with van der Waals surface area (Å²) >= 11 is 0. The van der Waals surface area contributed by atoms with Gasteiger partial charge in [0.2, 0.25) is 0 Å². The number of nitrogens with one attached hydrogen (secondary N) is 1. The third-order valence-electron chi connectivity index (χ3n) is 5.44. The molecule has 0 spiro atoms. The second-order valence-corrected chi connectivity index (χ2v) is 7.20. The van der Waals surface area contributed by atoms with Crippen LogP contribution in [0.25, 0.3) is 0 Å². The molecule has 28 heavy (non-hydrogen) atoms. The van der Waals surface area contributed by atoms with Gasteiger partial charge in [0.05, 0.1) is 5.57 Å². The van der Waals surface area contributed by atoms with Crippen molar-refractivity contribution >= 4 is 11.8 Å². The first-order valence-corrected chi connectivity index (χ1v) is 9.12. The highest BCUT2D eigenvalue weighted by atomic mass is 16.4. The van der Waals surface area contributed by atoms with Crippen molar-refractivity contribution < 1.29 is 19.8 Å². The minimum absolute atomic E-state index is 0.0192. The van der Waals surface area contributed by atoms with Crippen molar-refractivity contribution in [1.29, 1.82) is 0 Å². The number of carboxylic acids is 1. The molecule has 1 aliphatic heterocycles. The molecule has 3 N–H and O–H groups in total. The molecule has 142 valence electrons. The van der Waals surface area contributed by atoms with Crippen LogP contribution in [0.1, 0.15) is 42.7 Å². The zero-order chi connectivity index (χ0) is 19.8. The van der Waals surface area contributed by atoms with Crippen LogP contribution in [0.4, 0.5) is 0 Å². The fourth-order valence-corrected chi connectivity index (χ4v) is 4.23. The van der Waals surface area contributed by atoms with Gasteiger partial charge in [-0.05, 0) is 54.7 Å². The van der Waals surface area contributed by atoms with E-state index in [1.54, 1.807) is 31.5 Å². The van der Waals surface area contributed by atoms with E-state index in [1.165, 1.54) is 12.1 Å². The molecule has 0 bridgehead atoms. The lowest BCUT2D eigenvalue weighted by molar-refractivity contribution is -0.133. The van der Waals surface area contributed by atoms with Crippen LogP contribution < -0.4 is 5.32 Å². The normalized spacial score (nSPS) is 22.0. The fraction of sp³-hybridized carbons (Fsp3) is 0.227. The van der Waals surface area contributed by atoms with Crippen LogP contribution >= 0.6 is 0 Å².